The van der Waals surface area contributed by atoms with E-state index in [4.69, 9.17) is 0 Å². The number of anilines is 1. The number of benzene rings is 2. The molecule has 0 spiro atoms. The Morgan fingerprint density at radius 2 is 1.67 bits per heavy atom. The lowest BCUT2D eigenvalue weighted by atomic mass is 10.1. The molecule has 1 amide bonds. The number of aryl methyl sites for hydroxylation is 1. The zero-order chi connectivity index (χ0) is 18.8. The molecular weight excluding hydrogens is 352 g/mol. The lowest BCUT2D eigenvalue weighted by Gasteiger charge is -2.35. The maximum Gasteiger partial charge on any atom is 0.260 e. The van der Waals surface area contributed by atoms with E-state index >= 15 is 0 Å². The molecule has 1 aliphatic rings. The van der Waals surface area contributed by atoms with Gasteiger partial charge in [-0.3, -0.25) is 14.6 Å². The van der Waals surface area contributed by atoms with E-state index in [2.05, 4.69) is 49.1 Å². The van der Waals surface area contributed by atoms with Crippen LogP contribution in [0.2, 0.25) is 0 Å². The van der Waals surface area contributed by atoms with Crippen molar-refractivity contribution in [2.75, 3.05) is 18.1 Å². The molecule has 0 bridgehead atoms. The number of fused-ring (bicyclic) bond motifs is 1. The lowest BCUT2D eigenvalue weighted by Crippen LogP contribution is -2.45. The van der Waals surface area contributed by atoms with Crippen molar-refractivity contribution >= 4 is 22.2 Å². The second-order valence-electron chi connectivity index (χ2n) is 7.10. The minimum Gasteiger partial charge on any atom is -0.286 e. The Hall–Kier alpha value is -2.43. The largest absolute Gasteiger partial charge is 0.286 e. The Balaban J connectivity index is 1.60. The summed E-state index contributed by atoms with van der Waals surface area (Å²) in [5, 5.41) is 1.12. The predicted octanol–water partition coefficient (Wildman–Crippen LogP) is 5.03. The first-order valence-corrected chi connectivity index (χ1v) is 10.2. The zero-order valence-corrected chi connectivity index (χ0v) is 16.6. The number of amides is 1. The van der Waals surface area contributed by atoms with Gasteiger partial charge in [-0.1, -0.05) is 48.5 Å². The standard InChI is InChI=1S/C23H24N2OS/c1-17-18(2)27-23-21(17)15-24(14-13-19-9-5-3-6-10-19)16-25(23)22(26)20-11-7-4-8-12-20/h3-12H,13-16H2,1-2H3. The molecule has 0 fully saturated rings. The number of hydrogen-bond donors (Lipinski definition) is 0. The van der Waals surface area contributed by atoms with Crippen molar-refractivity contribution in [2.24, 2.45) is 0 Å². The summed E-state index contributed by atoms with van der Waals surface area (Å²) in [6, 6.07) is 20.2. The Labute approximate surface area is 164 Å². The van der Waals surface area contributed by atoms with Crippen LogP contribution in [0, 0.1) is 13.8 Å². The van der Waals surface area contributed by atoms with Gasteiger partial charge in [0.25, 0.3) is 5.91 Å². The second kappa shape index (κ2) is 7.67. The maximum atomic E-state index is 13.2. The van der Waals surface area contributed by atoms with E-state index < -0.39 is 0 Å². The Morgan fingerprint density at radius 1 is 1.00 bits per heavy atom. The van der Waals surface area contributed by atoms with Crippen molar-refractivity contribution in [1.29, 1.82) is 0 Å². The van der Waals surface area contributed by atoms with Crippen LogP contribution in [0.5, 0.6) is 0 Å². The second-order valence-corrected chi connectivity index (χ2v) is 8.30. The summed E-state index contributed by atoms with van der Waals surface area (Å²) >= 11 is 1.74. The smallest absolute Gasteiger partial charge is 0.260 e. The topological polar surface area (TPSA) is 23.6 Å². The van der Waals surface area contributed by atoms with E-state index in [1.54, 1.807) is 11.3 Å². The minimum absolute atomic E-state index is 0.0857. The average Bonchev–Trinajstić information content (AvgIpc) is 3.01. The monoisotopic (exact) mass is 376 g/mol. The molecule has 2 heterocycles. The van der Waals surface area contributed by atoms with Gasteiger partial charge in [-0.2, -0.15) is 0 Å². The first-order valence-electron chi connectivity index (χ1n) is 9.35. The van der Waals surface area contributed by atoms with Crippen LogP contribution in [0.25, 0.3) is 0 Å². The molecule has 3 aromatic rings. The molecule has 1 aromatic heterocycles. The predicted molar refractivity (Wildman–Crippen MR) is 112 cm³/mol. The summed E-state index contributed by atoms with van der Waals surface area (Å²) in [5.41, 5.74) is 4.71. The first kappa shape index (κ1) is 18.0. The van der Waals surface area contributed by atoms with Crippen LogP contribution in [-0.4, -0.2) is 24.0 Å². The number of carbonyl (C=O) groups is 1. The molecule has 0 saturated carbocycles. The van der Waals surface area contributed by atoms with E-state index in [0.717, 1.165) is 30.1 Å². The molecular formula is C23H24N2OS. The van der Waals surface area contributed by atoms with Crippen LogP contribution >= 0.6 is 11.3 Å². The van der Waals surface area contributed by atoms with Crippen LogP contribution in [0.15, 0.2) is 60.7 Å². The molecule has 4 heteroatoms. The number of hydrogen-bond acceptors (Lipinski definition) is 3. The Kier molecular flexibility index (Phi) is 5.10. The van der Waals surface area contributed by atoms with Crippen molar-refractivity contribution in [3.63, 3.8) is 0 Å². The van der Waals surface area contributed by atoms with E-state index in [9.17, 15) is 4.79 Å². The third-order valence-electron chi connectivity index (χ3n) is 5.28. The highest BCUT2D eigenvalue weighted by Gasteiger charge is 2.31. The van der Waals surface area contributed by atoms with Gasteiger partial charge in [0.1, 0.15) is 5.00 Å². The number of thiophene rings is 1. The van der Waals surface area contributed by atoms with E-state index in [1.807, 2.05) is 35.2 Å². The summed E-state index contributed by atoms with van der Waals surface area (Å²) in [6.07, 6.45) is 0.992. The molecule has 0 saturated heterocycles. The minimum atomic E-state index is 0.0857. The average molecular weight is 377 g/mol. The third kappa shape index (κ3) is 3.68. The molecule has 0 radical (unpaired) electrons. The summed E-state index contributed by atoms with van der Waals surface area (Å²) < 4.78 is 0. The van der Waals surface area contributed by atoms with Crippen molar-refractivity contribution in [1.82, 2.24) is 4.90 Å². The number of nitrogens with zero attached hydrogens (tertiary/aromatic N) is 2. The number of carbonyl (C=O) groups excluding carboxylic acids is 1. The lowest BCUT2D eigenvalue weighted by molar-refractivity contribution is 0.0960. The summed E-state index contributed by atoms with van der Waals surface area (Å²) in [7, 11) is 0. The van der Waals surface area contributed by atoms with Gasteiger partial charge in [-0.05, 0) is 43.5 Å². The summed E-state index contributed by atoms with van der Waals surface area (Å²) in [5.74, 6) is 0.0857. The molecule has 3 nitrogen and oxygen atoms in total. The van der Waals surface area contributed by atoms with Gasteiger partial charge in [0.15, 0.2) is 0 Å². The molecule has 2 aromatic carbocycles. The Morgan fingerprint density at radius 3 is 2.37 bits per heavy atom. The van der Waals surface area contributed by atoms with Gasteiger partial charge >= 0.3 is 0 Å². The van der Waals surface area contributed by atoms with Crippen LogP contribution in [0.3, 0.4) is 0 Å². The zero-order valence-electron chi connectivity index (χ0n) is 15.8. The van der Waals surface area contributed by atoms with Crippen LogP contribution in [0.1, 0.15) is 31.9 Å². The Bertz CT molecular complexity index is 934. The molecule has 0 N–H and O–H groups in total. The molecule has 0 unspecified atom stereocenters. The van der Waals surface area contributed by atoms with Gasteiger partial charge in [-0.15, -0.1) is 11.3 Å². The van der Waals surface area contributed by atoms with E-state index in [1.165, 1.54) is 21.6 Å². The molecule has 0 atom stereocenters. The van der Waals surface area contributed by atoms with Crippen LogP contribution in [-0.2, 0) is 13.0 Å². The van der Waals surface area contributed by atoms with E-state index in [-0.39, 0.29) is 5.91 Å². The fourth-order valence-corrected chi connectivity index (χ4v) is 4.73. The van der Waals surface area contributed by atoms with E-state index in [0.29, 0.717) is 6.67 Å². The molecule has 1 aliphatic heterocycles. The summed E-state index contributed by atoms with van der Waals surface area (Å²) in [6.45, 7) is 6.83. The van der Waals surface area contributed by atoms with Crippen molar-refractivity contribution in [2.45, 2.75) is 26.8 Å². The number of rotatable bonds is 4. The highest BCUT2D eigenvalue weighted by atomic mass is 32.1. The van der Waals surface area contributed by atoms with Crippen molar-refractivity contribution < 1.29 is 4.79 Å². The fraction of sp³-hybridized carbons (Fsp3) is 0.261. The third-order valence-corrected chi connectivity index (χ3v) is 6.55. The summed E-state index contributed by atoms with van der Waals surface area (Å²) in [4.78, 5) is 18.9. The van der Waals surface area contributed by atoms with Gasteiger partial charge < -0.3 is 0 Å². The molecule has 0 aliphatic carbocycles. The quantitative estimate of drug-likeness (QED) is 0.638. The van der Waals surface area contributed by atoms with Crippen molar-refractivity contribution in [3.05, 3.63) is 87.8 Å². The first-order chi connectivity index (χ1) is 13.1. The van der Waals surface area contributed by atoms with Gasteiger partial charge in [-0.25, -0.2) is 0 Å². The van der Waals surface area contributed by atoms with Crippen LogP contribution in [0.4, 0.5) is 5.00 Å². The normalized spacial score (nSPS) is 14.2. The van der Waals surface area contributed by atoms with Crippen LogP contribution < -0.4 is 4.90 Å². The highest BCUT2D eigenvalue weighted by molar-refractivity contribution is 7.16. The molecule has 27 heavy (non-hydrogen) atoms. The van der Waals surface area contributed by atoms with Gasteiger partial charge in [0.2, 0.25) is 0 Å². The van der Waals surface area contributed by atoms with Crippen molar-refractivity contribution in [3.8, 4) is 0 Å². The SMILES string of the molecule is Cc1sc2c(c1C)CN(CCc1ccccc1)CN2C(=O)c1ccccc1. The maximum absolute atomic E-state index is 13.2. The van der Waals surface area contributed by atoms with Gasteiger partial charge in [0.05, 0.1) is 6.67 Å². The molecule has 4 rings (SSSR count). The molecule has 138 valence electrons. The van der Waals surface area contributed by atoms with Gasteiger partial charge in [0, 0.05) is 29.1 Å². The highest BCUT2D eigenvalue weighted by Crippen LogP contribution is 2.39. The fourth-order valence-electron chi connectivity index (χ4n) is 3.57.